The first-order valence-corrected chi connectivity index (χ1v) is 12.0. The number of aryl methyl sites for hydroxylation is 3. The van der Waals surface area contributed by atoms with Gasteiger partial charge in [-0.15, -0.1) is 13.2 Å². The van der Waals surface area contributed by atoms with Crippen LogP contribution >= 0.6 is 0 Å². The summed E-state index contributed by atoms with van der Waals surface area (Å²) in [4.78, 5) is 10.7. The molecule has 184 valence electrons. The second-order valence-electron chi connectivity index (χ2n) is 8.01. The van der Waals surface area contributed by atoms with Gasteiger partial charge >= 0.3 is 5.97 Å². The van der Waals surface area contributed by atoms with Crippen molar-refractivity contribution >= 4 is 11.5 Å². The molecule has 0 aliphatic heterocycles. The Morgan fingerprint density at radius 3 is 2.32 bits per heavy atom. The third-order valence-electron chi connectivity index (χ3n) is 5.25. The summed E-state index contributed by atoms with van der Waals surface area (Å²) >= 11 is 0. The number of hydrogen-bond acceptors (Lipinski definition) is 3. The Hall–Kier alpha value is -3.27. The Labute approximate surface area is 205 Å². The van der Waals surface area contributed by atoms with E-state index in [9.17, 15) is 4.79 Å². The van der Waals surface area contributed by atoms with Crippen molar-refractivity contribution in [3.05, 3.63) is 90.5 Å². The van der Waals surface area contributed by atoms with Crippen LogP contribution < -0.4 is 9.47 Å². The van der Waals surface area contributed by atoms with Gasteiger partial charge in [0.1, 0.15) is 11.5 Å². The van der Waals surface area contributed by atoms with Crippen molar-refractivity contribution in [2.24, 2.45) is 0 Å². The molecule has 4 heteroatoms. The van der Waals surface area contributed by atoms with Crippen molar-refractivity contribution in [1.29, 1.82) is 0 Å². The third kappa shape index (κ3) is 10.6. The third-order valence-corrected chi connectivity index (χ3v) is 5.25. The number of rotatable bonds is 14. The molecule has 0 radical (unpaired) electrons. The lowest BCUT2D eigenvalue weighted by atomic mass is 10.00. The molecule has 0 aliphatic rings. The minimum atomic E-state index is -0.782. The Kier molecular flexibility index (Phi) is 13.8. The van der Waals surface area contributed by atoms with Crippen LogP contribution in [0.15, 0.2) is 68.3 Å². The van der Waals surface area contributed by atoms with Crippen molar-refractivity contribution in [2.75, 3.05) is 13.2 Å². The zero-order valence-electron chi connectivity index (χ0n) is 21.1. The minimum Gasteiger partial charge on any atom is -0.493 e. The smallest absolute Gasteiger partial charge is 0.303 e. The number of allylic oxidation sites excluding steroid dienone is 3. The molecule has 0 unspecified atom stereocenters. The molecule has 0 heterocycles. The fourth-order valence-electron chi connectivity index (χ4n) is 3.19. The van der Waals surface area contributed by atoms with Gasteiger partial charge in [-0.25, -0.2) is 0 Å². The molecule has 2 aromatic carbocycles. The lowest BCUT2D eigenvalue weighted by molar-refractivity contribution is -0.136. The van der Waals surface area contributed by atoms with Crippen molar-refractivity contribution in [3.63, 3.8) is 0 Å². The molecule has 0 amide bonds. The second kappa shape index (κ2) is 16.4. The van der Waals surface area contributed by atoms with Gasteiger partial charge in [-0.3, -0.25) is 4.79 Å². The van der Waals surface area contributed by atoms with Gasteiger partial charge in [-0.2, -0.15) is 0 Å². The number of ether oxygens (including phenoxy) is 2. The summed E-state index contributed by atoms with van der Waals surface area (Å²) in [6, 6.07) is 12.0. The monoisotopic (exact) mass is 464 g/mol. The highest BCUT2D eigenvalue weighted by Crippen LogP contribution is 2.29. The van der Waals surface area contributed by atoms with Gasteiger partial charge in [-0.1, -0.05) is 44.7 Å². The van der Waals surface area contributed by atoms with E-state index in [1.54, 1.807) is 0 Å². The largest absolute Gasteiger partial charge is 0.493 e. The van der Waals surface area contributed by atoms with Gasteiger partial charge in [0, 0.05) is 18.4 Å². The molecule has 1 N–H and O–H groups in total. The van der Waals surface area contributed by atoms with Gasteiger partial charge in [-0.05, 0) is 79.1 Å². The molecule has 0 aromatic heterocycles. The first kappa shape index (κ1) is 28.8. The topological polar surface area (TPSA) is 55.8 Å². The first-order valence-electron chi connectivity index (χ1n) is 12.0. The number of hydrogen-bond donors (Lipinski definition) is 1. The van der Waals surface area contributed by atoms with Crippen LogP contribution in [0.1, 0.15) is 61.8 Å². The molecule has 34 heavy (non-hydrogen) atoms. The van der Waals surface area contributed by atoms with Crippen LogP contribution in [0.4, 0.5) is 0 Å². The minimum absolute atomic E-state index is 0.138. The maximum absolute atomic E-state index is 10.7. The highest BCUT2D eigenvalue weighted by molar-refractivity contribution is 5.70. The predicted molar refractivity (Wildman–Crippen MR) is 143 cm³/mol. The van der Waals surface area contributed by atoms with Crippen molar-refractivity contribution < 1.29 is 19.4 Å². The van der Waals surface area contributed by atoms with Crippen molar-refractivity contribution in [3.8, 4) is 11.5 Å². The van der Waals surface area contributed by atoms with Gasteiger partial charge in [0.15, 0.2) is 0 Å². The average molecular weight is 465 g/mol. The summed E-state index contributed by atoms with van der Waals surface area (Å²) in [6.07, 6.45) is 7.94. The molecule has 0 aliphatic carbocycles. The van der Waals surface area contributed by atoms with Crippen molar-refractivity contribution in [1.82, 2.24) is 0 Å². The summed E-state index contributed by atoms with van der Waals surface area (Å²) in [5, 5.41) is 8.82. The molecule has 0 spiro atoms. The Morgan fingerprint density at radius 2 is 1.74 bits per heavy atom. The van der Waals surface area contributed by atoms with Crippen LogP contribution in [0.2, 0.25) is 0 Å². The summed E-state index contributed by atoms with van der Waals surface area (Å²) in [5.41, 5.74) is 5.39. The van der Waals surface area contributed by atoms with E-state index in [-0.39, 0.29) is 6.42 Å². The molecule has 0 bridgehead atoms. The van der Waals surface area contributed by atoms with E-state index in [4.69, 9.17) is 14.6 Å². The molecule has 2 aromatic rings. The Morgan fingerprint density at radius 1 is 1.03 bits per heavy atom. The number of benzene rings is 2. The highest BCUT2D eigenvalue weighted by Gasteiger charge is 2.08. The summed E-state index contributed by atoms with van der Waals surface area (Å²) in [6.45, 7) is 18.7. The number of aliphatic carboxylic acids is 1. The van der Waals surface area contributed by atoms with Crippen LogP contribution in [-0.4, -0.2) is 24.3 Å². The Balaban J connectivity index is 0.00000133. The zero-order chi connectivity index (χ0) is 25.3. The van der Waals surface area contributed by atoms with E-state index in [1.165, 1.54) is 5.56 Å². The lowest BCUT2D eigenvalue weighted by Crippen LogP contribution is -2.06. The van der Waals surface area contributed by atoms with Crippen molar-refractivity contribution in [2.45, 2.75) is 59.3 Å². The maximum atomic E-state index is 10.7. The number of carbonyl (C=O) groups is 1. The van der Waals surface area contributed by atoms with Crippen LogP contribution in [0.25, 0.3) is 5.57 Å². The molecule has 0 atom stereocenters. The molecule has 0 saturated carbocycles. The highest BCUT2D eigenvalue weighted by atomic mass is 16.5. The summed E-state index contributed by atoms with van der Waals surface area (Å²) in [7, 11) is 0. The molecular weight excluding hydrogens is 424 g/mol. The predicted octanol–water partition coefficient (Wildman–Crippen LogP) is 7.59. The SMILES string of the molecule is C=CCC.C=CCC(=C)c1cc(CC)ccc1OCCCOc1ccc(CCC(=O)O)c(C)c1. The zero-order valence-corrected chi connectivity index (χ0v) is 21.1. The van der Waals surface area contributed by atoms with Crippen LogP contribution in [0, 0.1) is 6.92 Å². The maximum Gasteiger partial charge on any atom is 0.303 e. The molecule has 0 fully saturated rings. The van der Waals surface area contributed by atoms with Crippen LogP contribution in [0.3, 0.4) is 0 Å². The molecular formula is C30H40O4. The van der Waals surface area contributed by atoms with E-state index in [1.807, 2.05) is 43.3 Å². The number of carboxylic acid groups (broad SMARTS) is 1. The number of carboxylic acids is 1. The van der Waals surface area contributed by atoms with E-state index >= 15 is 0 Å². The fraction of sp³-hybridized carbons (Fsp3) is 0.367. The standard InChI is InChI=1S/C26H32O4.C4H8/c1-5-8-19(3)24-18-21(6-2)9-13-25(24)30-16-7-15-29-23-12-10-22(20(4)17-23)11-14-26(27)28;1-3-4-2/h5,9-10,12-13,17-18H,1,3,6-8,11,14-16H2,2,4H3,(H,27,28);3H,1,4H2,2H3. The van der Waals surface area contributed by atoms with E-state index in [0.717, 1.165) is 59.4 Å². The summed E-state index contributed by atoms with van der Waals surface area (Å²) in [5.74, 6) is 0.854. The van der Waals surface area contributed by atoms with Crippen LogP contribution in [0.5, 0.6) is 11.5 Å². The van der Waals surface area contributed by atoms with Crippen LogP contribution in [-0.2, 0) is 17.6 Å². The Bertz CT molecular complexity index is 943. The summed E-state index contributed by atoms with van der Waals surface area (Å²) < 4.78 is 11.8. The van der Waals surface area contributed by atoms with E-state index < -0.39 is 5.97 Å². The van der Waals surface area contributed by atoms with Gasteiger partial charge < -0.3 is 14.6 Å². The van der Waals surface area contributed by atoms with E-state index in [0.29, 0.717) is 19.6 Å². The first-order chi connectivity index (χ1) is 16.4. The molecule has 2 rings (SSSR count). The van der Waals surface area contributed by atoms with Gasteiger partial charge in [0.05, 0.1) is 13.2 Å². The normalized spacial score (nSPS) is 9.97. The van der Waals surface area contributed by atoms with Gasteiger partial charge in [0.25, 0.3) is 0 Å². The molecule has 4 nitrogen and oxygen atoms in total. The van der Waals surface area contributed by atoms with E-state index in [2.05, 4.69) is 45.7 Å². The average Bonchev–Trinajstić information content (AvgIpc) is 2.83. The fourth-order valence-corrected chi connectivity index (χ4v) is 3.19. The lowest BCUT2D eigenvalue weighted by Gasteiger charge is -2.15. The van der Waals surface area contributed by atoms with Gasteiger partial charge in [0.2, 0.25) is 0 Å². The second-order valence-corrected chi connectivity index (χ2v) is 8.01. The quantitative estimate of drug-likeness (QED) is 0.231. The molecule has 0 saturated heterocycles.